The molecule has 1 aromatic rings. The molecule has 0 aliphatic heterocycles. The quantitative estimate of drug-likeness (QED) is 0.840. The van der Waals surface area contributed by atoms with Crippen molar-refractivity contribution in [1.82, 2.24) is 14.9 Å². The SMILES string of the molecule is Cc1nccn1CCNC1C2CCC(C2)C1C(=O)O. The van der Waals surface area contributed by atoms with Gasteiger partial charge in [-0.05, 0) is 38.0 Å². The molecule has 0 radical (unpaired) electrons. The third-order valence-corrected chi connectivity index (χ3v) is 4.86. The van der Waals surface area contributed by atoms with Crippen LogP contribution in [0.2, 0.25) is 0 Å². The number of nitrogens with one attached hydrogen (secondary N) is 1. The molecule has 2 saturated carbocycles. The van der Waals surface area contributed by atoms with Gasteiger partial charge in [-0.25, -0.2) is 4.98 Å². The monoisotopic (exact) mass is 263 g/mol. The molecular weight excluding hydrogens is 242 g/mol. The number of nitrogens with zero attached hydrogens (tertiary/aromatic N) is 2. The van der Waals surface area contributed by atoms with Gasteiger partial charge in [0.15, 0.2) is 0 Å². The Balaban J connectivity index is 1.57. The van der Waals surface area contributed by atoms with Gasteiger partial charge in [0.05, 0.1) is 5.92 Å². The summed E-state index contributed by atoms with van der Waals surface area (Å²) in [5, 5.41) is 12.9. The maximum atomic E-state index is 11.4. The number of carbonyl (C=O) groups is 1. The Labute approximate surface area is 113 Å². The zero-order chi connectivity index (χ0) is 13.4. The smallest absolute Gasteiger partial charge is 0.308 e. The van der Waals surface area contributed by atoms with E-state index in [0.29, 0.717) is 11.8 Å². The minimum Gasteiger partial charge on any atom is -0.481 e. The second-order valence-electron chi connectivity index (χ2n) is 5.84. The zero-order valence-electron chi connectivity index (χ0n) is 11.2. The third kappa shape index (κ3) is 2.27. The Hall–Kier alpha value is -1.36. The largest absolute Gasteiger partial charge is 0.481 e. The summed E-state index contributed by atoms with van der Waals surface area (Å²) >= 11 is 0. The zero-order valence-corrected chi connectivity index (χ0v) is 11.2. The Morgan fingerprint density at radius 1 is 1.53 bits per heavy atom. The molecule has 0 saturated heterocycles. The Bertz CT molecular complexity index is 471. The first-order valence-corrected chi connectivity index (χ1v) is 7.10. The predicted octanol–water partition coefficient (Wildman–Crippen LogP) is 1.28. The van der Waals surface area contributed by atoms with Crippen molar-refractivity contribution in [2.24, 2.45) is 17.8 Å². The summed E-state index contributed by atoms with van der Waals surface area (Å²) in [6, 6.07) is 0.167. The first kappa shape index (κ1) is 12.7. The van der Waals surface area contributed by atoms with Crippen LogP contribution in [0, 0.1) is 24.7 Å². The van der Waals surface area contributed by atoms with Gasteiger partial charge in [-0.15, -0.1) is 0 Å². The van der Waals surface area contributed by atoms with E-state index in [9.17, 15) is 9.90 Å². The molecule has 104 valence electrons. The van der Waals surface area contributed by atoms with Gasteiger partial charge in [0.25, 0.3) is 0 Å². The minimum absolute atomic E-state index is 0.167. The van der Waals surface area contributed by atoms with Crippen molar-refractivity contribution in [2.75, 3.05) is 6.54 Å². The molecule has 19 heavy (non-hydrogen) atoms. The van der Waals surface area contributed by atoms with Crippen LogP contribution in [0.5, 0.6) is 0 Å². The standard InChI is InChI=1S/C14H21N3O2/c1-9-15-4-6-17(9)7-5-16-13-11-3-2-10(8-11)12(13)14(18)19/h4,6,10-13,16H,2-3,5,7-8H2,1H3,(H,18,19). The van der Waals surface area contributed by atoms with E-state index in [-0.39, 0.29) is 12.0 Å². The van der Waals surface area contributed by atoms with E-state index in [1.54, 1.807) is 6.20 Å². The van der Waals surface area contributed by atoms with E-state index < -0.39 is 5.97 Å². The maximum Gasteiger partial charge on any atom is 0.308 e. The summed E-state index contributed by atoms with van der Waals surface area (Å²) in [7, 11) is 0. The van der Waals surface area contributed by atoms with Gasteiger partial charge in [-0.2, -0.15) is 0 Å². The average Bonchev–Trinajstić information content (AvgIpc) is 3.05. The van der Waals surface area contributed by atoms with Crippen molar-refractivity contribution in [2.45, 2.75) is 38.8 Å². The van der Waals surface area contributed by atoms with Crippen molar-refractivity contribution < 1.29 is 9.90 Å². The van der Waals surface area contributed by atoms with E-state index in [1.807, 2.05) is 13.1 Å². The number of aryl methyl sites for hydroxylation is 1. The number of rotatable bonds is 5. The van der Waals surface area contributed by atoms with E-state index in [1.165, 1.54) is 6.42 Å². The molecular formula is C14H21N3O2. The molecule has 1 heterocycles. The molecule has 1 aromatic heterocycles. The van der Waals surface area contributed by atoms with Crippen LogP contribution >= 0.6 is 0 Å². The Morgan fingerprint density at radius 2 is 2.32 bits per heavy atom. The fourth-order valence-electron chi connectivity index (χ4n) is 3.93. The number of hydrogen-bond donors (Lipinski definition) is 2. The highest BCUT2D eigenvalue weighted by Gasteiger charge is 2.50. The molecule has 5 heteroatoms. The molecule has 0 spiro atoms. The van der Waals surface area contributed by atoms with Gasteiger partial charge in [0.1, 0.15) is 5.82 Å². The summed E-state index contributed by atoms with van der Waals surface area (Å²) < 4.78 is 2.09. The normalized spacial score (nSPS) is 32.9. The van der Waals surface area contributed by atoms with Gasteiger partial charge in [-0.1, -0.05) is 0 Å². The number of carboxylic acids is 1. The van der Waals surface area contributed by atoms with Crippen molar-refractivity contribution in [1.29, 1.82) is 0 Å². The van der Waals surface area contributed by atoms with Crippen LogP contribution in [0.25, 0.3) is 0 Å². The van der Waals surface area contributed by atoms with Crippen LogP contribution in [-0.4, -0.2) is 33.2 Å². The lowest BCUT2D eigenvalue weighted by Gasteiger charge is -2.29. The number of fused-ring (bicyclic) bond motifs is 2. The highest BCUT2D eigenvalue weighted by atomic mass is 16.4. The number of carboxylic acid groups (broad SMARTS) is 1. The predicted molar refractivity (Wildman–Crippen MR) is 70.7 cm³/mol. The lowest BCUT2D eigenvalue weighted by molar-refractivity contribution is -0.144. The van der Waals surface area contributed by atoms with E-state index in [2.05, 4.69) is 14.9 Å². The summed E-state index contributed by atoms with van der Waals surface area (Å²) in [5.74, 6) is 1.17. The maximum absolute atomic E-state index is 11.4. The fraction of sp³-hybridized carbons (Fsp3) is 0.714. The summed E-state index contributed by atoms with van der Waals surface area (Å²) in [6.07, 6.45) is 7.15. The van der Waals surface area contributed by atoms with Gasteiger partial charge >= 0.3 is 5.97 Å². The van der Waals surface area contributed by atoms with Crippen LogP contribution in [0.4, 0.5) is 0 Å². The first-order chi connectivity index (χ1) is 9.16. The number of aromatic nitrogens is 2. The van der Waals surface area contributed by atoms with Gasteiger partial charge in [-0.3, -0.25) is 4.79 Å². The van der Waals surface area contributed by atoms with E-state index in [0.717, 1.165) is 31.8 Å². The fourth-order valence-corrected chi connectivity index (χ4v) is 3.93. The third-order valence-electron chi connectivity index (χ3n) is 4.86. The molecule has 2 aliphatic rings. The van der Waals surface area contributed by atoms with Crippen LogP contribution in [0.15, 0.2) is 12.4 Å². The summed E-state index contributed by atoms with van der Waals surface area (Å²) in [4.78, 5) is 15.6. The van der Waals surface area contributed by atoms with Crippen LogP contribution in [0.1, 0.15) is 25.1 Å². The van der Waals surface area contributed by atoms with E-state index >= 15 is 0 Å². The summed E-state index contributed by atoms with van der Waals surface area (Å²) in [5.41, 5.74) is 0. The van der Waals surface area contributed by atoms with Gasteiger partial charge in [0, 0.05) is 31.5 Å². The Kier molecular flexibility index (Phi) is 3.31. The first-order valence-electron chi connectivity index (χ1n) is 7.10. The second-order valence-corrected chi connectivity index (χ2v) is 5.84. The van der Waals surface area contributed by atoms with Gasteiger partial charge < -0.3 is 15.0 Å². The van der Waals surface area contributed by atoms with Crippen LogP contribution < -0.4 is 5.32 Å². The molecule has 2 fully saturated rings. The average molecular weight is 263 g/mol. The minimum atomic E-state index is -0.622. The van der Waals surface area contributed by atoms with Crippen LogP contribution in [-0.2, 0) is 11.3 Å². The second kappa shape index (κ2) is 4.96. The molecule has 0 amide bonds. The molecule has 2 aliphatic carbocycles. The number of aliphatic carboxylic acids is 1. The highest BCUT2D eigenvalue weighted by Crippen LogP contribution is 2.48. The molecule has 3 rings (SSSR count). The number of hydrogen-bond acceptors (Lipinski definition) is 3. The van der Waals surface area contributed by atoms with Crippen molar-refractivity contribution in [3.63, 3.8) is 0 Å². The van der Waals surface area contributed by atoms with Crippen molar-refractivity contribution in [3.05, 3.63) is 18.2 Å². The van der Waals surface area contributed by atoms with E-state index in [4.69, 9.17) is 0 Å². The lowest BCUT2D eigenvalue weighted by Crippen LogP contribution is -2.45. The topological polar surface area (TPSA) is 67.2 Å². The molecule has 4 atom stereocenters. The molecule has 0 aromatic carbocycles. The molecule has 2 N–H and O–H groups in total. The van der Waals surface area contributed by atoms with Crippen molar-refractivity contribution >= 4 is 5.97 Å². The summed E-state index contributed by atoms with van der Waals surface area (Å²) in [6.45, 7) is 3.65. The Morgan fingerprint density at radius 3 is 3.00 bits per heavy atom. The molecule has 5 nitrogen and oxygen atoms in total. The molecule has 4 unspecified atom stereocenters. The van der Waals surface area contributed by atoms with Crippen molar-refractivity contribution in [3.8, 4) is 0 Å². The highest BCUT2D eigenvalue weighted by molar-refractivity contribution is 5.72. The number of imidazole rings is 1. The lowest BCUT2D eigenvalue weighted by atomic mass is 9.84. The van der Waals surface area contributed by atoms with Gasteiger partial charge in [0.2, 0.25) is 0 Å². The molecule has 2 bridgehead atoms. The van der Waals surface area contributed by atoms with Crippen LogP contribution in [0.3, 0.4) is 0 Å².